The molecule has 2 aromatic rings. The van der Waals surface area contributed by atoms with Gasteiger partial charge in [0.05, 0.1) is 17.5 Å². The van der Waals surface area contributed by atoms with Crippen LogP contribution in [0.4, 0.5) is 13.9 Å². The number of hydrogen-bond acceptors (Lipinski definition) is 7. The first-order chi connectivity index (χ1) is 15.7. The number of aromatic nitrogens is 1. The van der Waals surface area contributed by atoms with Crippen molar-refractivity contribution in [3.05, 3.63) is 35.2 Å². The van der Waals surface area contributed by atoms with E-state index in [9.17, 15) is 28.0 Å². The first kappa shape index (κ1) is 23.0. The van der Waals surface area contributed by atoms with Gasteiger partial charge >= 0.3 is 5.97 Å². The highest BCUT2D eigenvalue weighted by Gasteiger charge is 2.48. The van der Waals surface area contributed by atoms with E-state index >= 15 is 0 Å². The summed E-state index contributed by atoms with van der Waals surface area (Å²) >= 11 is 1.06. The molecule has 3 atom stereocenters. The number of benzene rings is 1. The largest absolute Gasteiger partial charge is 0.451 e. The fourth-order valence-corrected chi connectivity index (χ4v) is 4.85. The molecule has 1 aliphatic carbocycles. The maximum Gasteiger partial charge on any atom is 0.326 e. The van der Waals surface area contributed by atoms with Crippen LogP contribution in [0.15, 0.2) is 23.6 Å². The monoisotopic (exact) mass is 477 g/mol. The molecule has 2 aliphatic rings. The molecule has 1 saturated carbocycles. The van der Waals surface area contributed by atoms with E-state index in [-0.39, 0.29) is 28.8 Å². The van der Waals surface area contributed by atoms with E-state index < -0.39 is 36.2 Å². The van der Waals surface area contributed by atoms with Crippen molar-refractivity contribution in [2.75, 3.05) is 11.9 Å². The van der Waals surface area contributed by atoms with Gasteiger partial charge in [-0.3, -0.25) is 29.4 Å². The lowest BCUT2D eigenvalue weighted by Crippen LogP contribution is -2.39. The number of hydrogen-bond donors (Lipinski definition) is 1. The van der Waals surface area contributed by atoms with Crippen LogP contribution >= 0.6 is 11.3 Å². The molecule has 33 heavy (non-hydrogen) atoms. The van der Waals surface area contributed by atoms with Gasteiger partial charge in [0.15, 0.2) is 22.9 Å². The second kappa shape index (κ2) is 9.34. The highest BCUT2D eigenvalue weighted by Crippen LogP contribution is 2.37. The number of imide groups is 1. The number of nitrogens with one attached hydrogen (secondary N) is 1. The van der Waals surface area contributed by atoms with Crippen molar-refractivity contribution in [2.24, 2.45) is 11.8 Å². The van der Waals surface area contributed by atoms with Gasteiger partial charge < -0.3 is 4.74 Å². The molecule has 1 aromatic heterocycles. The molecular weight excluding hydrogens is 456 g/mol. The Balaban J connectivity index is 1.32. The number of nitrogens with zero attached hydrogens (tertiary/aromatic N) is 2. The third-order valence-corrected chi connectivity index (χ3v) is 6.60. The Morgan fingerprint density at radius 3 is 2.48 bits per heavy atom. The van der Waals surface area contributed by atoms with Gasteiger partial charge in [-0.1, -0.05) is 12.8 Å². The van der Waals surface area contributed by atoms with E-state index in [1.54, 1.807) is 5.38 Å². The van der Waals surface area contributed by atoms with Gasteiger partial charge in [-0.15, -0.1) is 11.3 Å². The Hall–Kier alpha value is -3.21. The third-order valence-electron chi connectivity index (χ3n) is 5.85. The summed E-state index contributed by atoms with van der Waals surface area (Å²) in [6.07, 6.45) is 1.83. The number of likely N-dealkylation sites (tertiary alicyclic amines) is 1. The van der Waals surface area contributed by atoms with E-state index in [1.165, 1.54) is 13.0 Å². The van der Waals surface area contributed by atoms with Gasteiger partial charge in [-0.05, 0) is 38.0 Å². The van der Waals surface area contributed by atoms with Crippen molar-refractivity contribution < 1.29 is 32.7 Å². The molecule has 1 saturated heterocycles. The molecule has 1 aromatic carbocycles. The van der Waals surface area contributed by atoms with Crippen LogP contribution in [0.25, 0.3) is 11.3 Å². The lowest BCUT2D eigenvalue weighted by molar-refractivity contribution is -0.158. The van der Waals surface area contributed by atoms with E-state index in [4.69, 9.17) is 4.74 Å². The zero-order chi connectivity index (χ0) is 23.7. The Labute approximate surface area is 191 Å². The average molecular weight is 477 g/mol. The van der Waals surface area contributed by atoms with Gasteiger partial charge in [-0.25, -0.2) is 13.8 Å². The molecule has 1 aliphatic heterocycles. The van der Waals surface area contributed by atoms with Crippen LogP contribution in [0.3, 0.4) is 0 Å². The fraction of sp³-hybridized carbons (Fsp3) is 0.409. The molecule has 8 nitrogen and oxygen atoms in total. The van der Waals surface area contributed by atoms with Crippen LogP contribution in [-0.4, -0.2) is 46.2 Å². The van der Waals surface area contributed by atoms with Gasteiger partial charge in [0.1, 0.15) is 6.54 Å². The topological polar surface area (TPSA) is 106 Å². The minimum Gasteiger partial charge on any atom is -0.451 e. The van der Waals surface area contributed by atoms with Crippen LogP contribution < -0.4 is 5.32 Å². The summed E-state index contributed by atoms with van der Waals surface area (Å²) in [6.45, 7) is 0.824. The fourth-order valence-electron chi connectivity index (χ4n) is 4.13. The van der Waals surface area contributed by atoms with Gasteiger partial charge in [0.2, 0.25) is 11.8 Å². The molecule has 0 radical (unpaired) electrons. The number of rotatable bonds is 6. The molecular formula is C22H21F2N3O5S. The van der Waals surface area contributed by atoms with Crippen LogP contribution in [0.1, 0.15) is 32.6 Å². The smallest absolute Gasteiger partial charge is 0.326 e. The summed E-state index contributed by atoms with van der Waals surface area (Å²) in [5.74, 6) is -4.96. The lowest BCUT2D eigenvalue weighted by atomic mass is 9.81. The number of ether oxygens (including phenoxy) is 1. The number of esters is 1. The number of halogens is 2. The summed E-state index contributed by atoms with van der Waals surface area (Å²) in [6, 6.07) is 3.34. The molecule has 2 fully saturated rings. The van der Waals surface area contributed by atoms with Gasteiger partial charge in [0, 0.05) is 10.9 Å². The minimum atomic E-state index is -1.21. The lowest BCUT2D eigenvalue weighted by Gasteiger charge is -2.19. The molecule has 0 bridgehead atoms. The number of carbonyl (C=O) groups is 4. The third kappa shape index (κ3) is 4.77. The molecule has 3 amide bonds. The Morgan fingerprint density at radius 2 is 1.85 bits per heavy atom. The van der Waals surface area contributed by atoms with Gasteiger partial charge in [0.25, 0.3) is 5.91 Å². The van der Waals surface area contributed by atoms with Gasteiger partial charge in [-0.2, -0.15) is 0 Å². The van der Waals surface area contributed by atoms with Crippen molar-refractivity contribution in [3.8, 4) is 11.3 Å². The zero-order valence-corrected chi connectivity index (χ0v) is 18.5. The molecule has 11 heteroatoms. The quantitative estimate of drug-likeness (QED) is 0.506. The first-order valence-corrected chi connectivity index (χ1v) is 11.4. The number of fused-ring (bicyclic) bond motifs is 1. The maximum atomic E-state index is 13.4. The molecule has 2 heterocycles. The van der Waals surface area contributed by atoms with E-state index in [0.29, 0.717) is 24.1 Å². The summed E-state index contributed by atoms with van der Waals surface area (Å²) < 4.78 is 31.6. The Bertz CT molecular complexity index is 1100. The van der Waals surface area contributed by atoms with E-state index in [1.807, 2.05) is 0 Å². The highest BCUT2D eigenvalue weighted by atomic mass is 32.1. The van der Waals surface area contributed by atoms with Crippen LogP contribution in [0.2, 0.25) is 0 Å². The highest BCUT2D eigenvalue weighted by molar-refractivity contribution is 7.14. The minimum absolute atomic E-state index is 0.177. The summed E-state index contributed by atoms with van der Waals surface area (Å²) in [5, 5.41) is 4.23. The average Bonchev–Trinajstić information content (AvgIpc) is 3.35. The predicted octanol–water partition coefficient (Wildman–Crippen LogP) is 3.13. The second-order valence-corrected chi connectivity index (χ2v) is 8.91. The number of carbonyl (C=O) groups excluding carboxylic acids is 4. The molecule has 1 N–H and O–H groups in total. The van der Waals surface area contributed by atoms with E-state index in [0.717, 1.165) is 41.2 Å². The van der Waals surface area contributed by atoms with Crippen LogP contribution in [0.5, 0.6) is 0 Å². The standard InChI is InChI=1S/C22H21F2N3O5S/c1-11(32-18(28)9-27-20(30)13-4-2-3-5-14(13)21(27)31)19(29)26-22-25-17(10-33-22)12-6-7-15(23)16(24)8-12/h6-8,10-11,13-14H,2-5,9H2,1H3,(H,25,26,29). The summed E-state index contributed by atoms with van der Waals surface area (Å²) in [4.78, 5) is 54.7. The SMILES string of the molecule is CC(OC(=O)CN1C(=O)C2CCCCC2C1=O)C(=O)Nc1nc(-c2ccc(F)c(F)c2)cs1. The van der Waals surface area contributed by atoms with Crippen molar-refractivity contribution in [1.29, 1.82) is 0 Å². The number of amides is 3. The van der Waals surface area contributed by atoms with Crippen molar-refractivity contribution in [2.45, 2.75) is 38.7 Å². The van der Waals surface area contributed by atoms with E-state index in [2.05, 4.69) is 10.3 Å². The second-order valence-electron chi connectivity index (χ2n) is 8.05. The Kier molecular flexibility index (Phi) is 6.50. The van der Waals surface area contributed by atoms with Crippen molar-refractivity contribution >= 4 is 40.2 Å². The summed E-state index contributed by atoms with van der Waals surface area (Å²) in [7, 11) is 0. The van der Waals surface area contributed by atoms with Crippen molar-refractivity contribution in [3.63, 3.8) is 0 Å². The maximum absolute atomic E-state index is 13.4. The molecule has 3 unspecified atom stereocenters. The molecule has 0 spiro atoms. The molecule has 4 rings (SSSR count). The number of thiazole rings is 1. The normalized spacial score (nSPS) is 21.0. The Morgan fingerprint density at radius 1 is 1.18 bits per heavy atom. The summed E-state index contributed by atoms with van der Waals surface area (Å²) in [5.41, 5.74) is 0.678. The van der Waals surface area contributed by atoms with Crippen LogP contribution in [-0.2, 0) is 23.9 Å². The van der Waals surface area contributed by atoms with Crippen LogP contribution in [0, 0.1) is 23.5 Å². The number of anilines is 1. The predicted molar refractivity (Wildman–Crippen MR) is 114 cm³/mol. The molecule has 174 valence electrons. The van der Waals surface area contributed by atoms with Crippen molar-refractivity contribution in [1.82, 2.24) is 9.88 Å². The zero-order valence-electron chi connectivity index (χ0n) is 17.7. The first-order valence-electron chi connectivity index (χ1n) is 10.5.